The van der Waals surface area contributed by atoms with Crippen LogP contribution in [0.4, 0.5) is 0 Å². The van der Waals surface area contributed by atoms with Crippen molar-refractivity contribution in [1.82, 2.24) is 0 Å². The van der Waals surface area contributed by atoms with Gasteiger partial charge in [0, 0.05) is 0 Å². The highest BCUT2D eigenvalue weighted by Crippen LogP contribution is 2.21. The lowest BCUT2D eigenvalue weighted by Gasteiger charge is -2.34. The van der Waals surface area contributed by atoms with E-state index in [9.17, 15) is 28.2 Å². The topological polar surface area (TPSA) is 114 Å². The van der Waals surface area contributed by atoms with Crippen LogP contribution < -0.4 is 10.2 Å². The molecule has 0 radical (unpaired) electrons. The molecular weight excluding hydrogens is 516 g/mol. The molecule has 0 aliphatic rings. The number of quaternary nitrogens is 2. The van der Waals surface area contributed by atoms with Gasteiger partial charge >= 0.3 is 0 Å². The standard InChI is InChI=1S/C14H10O6S.2C8H20N/c15-13(16)9-1-5-11(6-2-9)21(19,20)12-7-3-10(4-8-12)14(17)18;2*1-5-9(6-2,7-3)8-4/h1-8H,(H,15,16)(H,17,18);2*5-8H2,1-4H3/q;2*+1/p-2. The molecule has 2 aromatic rings. The zero-order valence-corrected chi connectivity index (χ0v) is 25.8. The van der Waals surface area contributed by atoms with E-state index >= 15 is 0 Å². The van der Waals surface area contributed by atoms with Crippen LogP contribution in [0.5, 0.6) is 0 Å². The minimum atomic E-state index is -3.85. The fourth-order valence-electron chi connectivity index (χ4n) is 4.36. The third kappa shape index (κ3) is 10.4. The van der Waals surface area contributed by atoms with Crippen molar-refractivity contribution in [1.29, 1.82) is 0 Å². The van der Waals surface area contributed by atoms with Crippen molar-refractivity contribution < 1.29 is 37.2 Å². The highest BCUT2D eigenvalue weighted by atomic mass is 32.2. The van der Waals surface area contributed by atoms with Gasteiger partial charge in [0.1, 0.15) is 0 Å². The fraction of sp³-hybridized carbons (Fsp3) is 0.533. The lowest BCUT2D eigenvalue weighted by molar-refractivity contribution is -0.921. The number of carboxylic acids is 2. The van der Waals surface area contributed by atoms with Crippen LogP contribution in [0.15, 0.2) is 58.3 Å². The smallest absolute Gasteiger partial charge is 0.206 e. The molecule has 2 rings (SSSR count). The van der Waals surface area contributed by atoms with Gasteiger partial charge in [0.05, 0.1) is 74.1 Å². The van der Waals surface area contributed by atoms with Gasteiger partial charge in [0.2, 0.25) is 9.84 Å². The molecule has 0 N–H and O–H groups in total. The maximum absolute atomic E-state index is 12.3. The van der Waals surface area contributed by atoms with Crippen molar-refractivity contribution >= 4 is 21.8 Å². The maximum Gasteiger partial charge on any atom is 0.206 e. The van der Waals surface area contributed by atoms with Crippen LogP contribution in [0.3, 0.4) is 0 Å². The molecule has 0 saturated heterocycles. The van der Waals surface area contributed by atoms with Gasteiger partial charge in [0.25, 0.3) is 0 Å². The van der Waals surface area contributed by atoms with Gasteiger partial charge < -0.3 is 28.8 Å². The molecule has 0 heterocycles. The predicted molar refractivity (Wildman–Crippen MR) is 152 cm³/mol. The third-order valence-electron chi connectivity index (χ3n) is 8.17. The van der Waals surface area contributed by atoms with Crippen molar-refractivity contribution in [2.75, 3.05) is 52.4 Å². The van der Waals surface area contributed by atoms with Crippen molar-refractivity contribution in [2.45, 2.75) is 65.2 Å². The second-order valence-corrected chi connectivity index (χ2v) is 11.3. The number of hydrogen-bond donors (Lipinski definition) is 0. The van der Waals surface area contributed by atoms with E-state index in [4.69, 9.17) is 0 Å². The van der Waals surface area contributed by atoms with E-state index in [-0.39, 0.29) is 20.9 Å². The van der Waals surface area contributed by atoms with E-state index < -0.39 is 21.8 Å². The number of rotatable bonds is 12. The van der Waals surface area contributed by atoms with Crippen LogP contribution in [0.2, 0.25) is 0 Å². The summed E-state index contributed by atoms with van der Waals surface area (Å²) in [5.41, 5.74) is -0.275. The summed E-state index contributed by atoms with van der Waals surface area (Å²) in [4.78, 5) is 21.0. The SMILES string of the molecule is CC[N+](CC)(CC)CC.CC[N+](CC)(CC)CC.O=C([O-])c1ccc(S(=O)(=O)c2ccc(C(=O)[O-])cc2)cc1. The van der Waals surface area contributed by atoms with Gasteiger partial charge in [-0.2, -0.15) is 0 Å². The van der Waals surface area contributed by atoms with E-state index in [2.05, 4.69) is 55.4 Å². The number of carboxylic acid groups (broad SMARTS) is 2. The number of aromatic carboxylic acids is 2. The number of benzene rings is 2. The Hall–Kier alpha value is -2.75. The quantitative estimate of drug-likeness (QED) is 0.366. The normalized spacial score (nSPS) is 11.5. The van der Waals surface area contributed by atoms with E-state index in [0.29, 0.717) is 0 Å². The van der Waals surface area contributed by atoms with E-state index in [1.165, 1.54) is 61.3 Å². The Morgan fingerprint density at radius 2 is 0.718 bits per heavy atom. The van der Waals surface area contributed by atoms with E-state index in [0.717, 1.165) is 48.5 Å². The fourth-order valence-corrected chi connectivity index (χ4v) is 5.62. The van der Waals surface area contributed by atoms with Crippen LogP contribution in [-0.2, 0) is 9.84 Å². The molecule has 0 spiro atoms. The number of carbonyl (C=O) groups is 2. The van der Waals surface area contributed by atoms with Gasteiger partial charge in [0.15, 0.2) is 0 Å². The molecule has 9 heteroatoms. The highest BCUT2D eigenvalue weighted by molar-refractivity contribution is 7.91. The van der Waals surface area contributed by atoms with Crippen LogP contribution in [0, 0.1) is 0 Å². The molecule has 0 aromatic heterocycles. The largest absolute Gasteiger partial charge is 0.545 e. The zero-order chi connectivity index (χ0) is 30.3. The molecular formula is C30H48N2O6S. The zero-order valence-electron chi connectivity index (χ0n) is 25.0. The number of nitrogens with zero attached hydrogens (tertiary/aromatic N) is 2. The first kappa shape index (κ1) is 36.2. The molecule has 0 unspecified atom stereocenters. The summed E-state index contributed by atoms with van der Waals surface area (Å²) in [6, 6.07) is 9.07. The van der Waals surface area contributed by atoms with Crippen molar-refractivity contribution in [2.24, 2.45) is 0 Å². The van der Waals surface area contributed by atoms with E-state index in [1.54, 1.807) is 0 Å². The Kier molecular flexibility index (Phi) is 15.8. The molecule has 0 saturated carbocycles. The summed E-state index contributed by atoms with van der Waals surface area (Å²) >= 11 is 0. The summed E-state index contributed by atoms with van der Waals surface area (Å²) in [5.74, 6) is -2.81. The lowest BCUT2D eigenvalue weighted by atomic mass is 10.2. The molecule has 0 aliphatic heterocycles. The molecule has 39 heavy (non-hydrogen) atoms. The Balaban J connectivity index is 0.000000667. The molecule has 0 aliphatic carbocycles. The monoisotopic (exact) mass is 564 g/mol. The molecule has 220 valence electrons. The molecule has 0 bridgehead atoms. The second-order valence-electron chi connectivity index (χ2n) is 9.34. The minimum absolute atomic E-state index is 0.103. The van der Waals surface area contributed by atoms with Gasteiger partial charge in [-0.15, -0.1) is 0 Å². The Bertz CT molecular complexity index is 987. The maximum atomic E-state index is 12.3. The first-order chi connectivity index (χ1) is 18.3. The Morgan fingerprint density at radius 3 is 0.846 bits per heavy atom. The summed E-state index contributed by atoms with van der Waals surface area (Å²) in [6.45, 7) is 28.4. The average molecular weight is 565 g/mol. The van der Waals surface area contributed by atoms with Crippen LogP contribution in [0.25, 0.3) is 0 Å². The number of sulfone groups is 1. The van der Waals surface area contributed by atoms with Crippen molar-refractivity contribution in [3.8, 4) is 0 Å². The van der Waals surface area contributed by atoms with Gasteiger partial charge in [-0.25, -0.2) is 8.42 Å². The minimum Gasteiger partial charge on any atom is -0.545 e. The van der Waals surface area contributed by atoms with Crippen molar-refractivity contribution in [3.05, 3.63) is 59.7 Å². The van der Waals surface area contributed by atoms with Crippen LogP contribution >= 0.6 is 0 Å². The van der Waals surface area contributed by atoms with Gasteiger partial charge in [-0.1, -0.05) is 24.3 Å². The second kappa shape index (κ2) is 17.0. The number of hydrogen-bond acceptors (Lipinski definition) is 6. The summed E-state index contributed by atoms with van der Waals surface area (Å²) in [6.07, 6.45) is 0. The Labute approximate surface area is 236 Å². The van der Waals surface area contributed by atoms with E-state index in [1.807, 2.05) is 0 Å². The molecule has 8 nitrogen and oxygen atoms in total. The third-order valence-corrected chi connectivity index (χ3v) is 9.95. The molecule has 0 atom stereocenters. The highest BCUT2D eigenvalue weighted by Gasteiger charge is 2.18. The molecule has 0 fully saturated rings. The molecule has 2 aromatic carbocycles. The average Bonchev–Trinajstić information content (AvgIpc) is 2.97. The molecule has 0 amide bonds. The predicted octanol–water partition coefficient (Wildman–Crippen LogP) is 3.01. The number of carbonyl (C=O) groups excluding carboxylic acids is 2. The first-order valence-corrected chi connectivity index (χ1v) is 15.4. The van der Waals surface area contributed by atoms with Crippen LogP contribution in [-0.4, -0.2) is 81.7 Å². The summed E-state index contributed by atoms with van der Waals surface area (Å²) < 4.78 is 27.1. The first-order valence-electron chi connectivity index (χ1n) is 13.9. The Morgan fingerprint density at radius 1 is 0.513 bits per heavy atom. The van der Waals surface area contributed by atoms with Crippen molar-refractivity contribution in [3.63, 3.8) is 0 Å². The van der Waals surface area contributed by atoms with Gasteiger partial charge in [-0.05, 0) is 90.8 Å². The summed E-state index contributed by atoms with van der Waals surface area (Å²) in [7, 11) is -3.85. The summed E-state index contributed by atoms with van der Waals surface area (Å²) in [5, 5.41) is 21.2. The van der Waals surface area contributed by atoms with Crippen LogP contribution in [0.1, 0.15) is 76.1 Å². The lowest BCUT2D eigenvalue weighted by Crippen LogP contribution is -2.47. The van der Waals surface area contributed by atoms with Gasteiger partial charge in [-0.3, -0.25) is 0 Å².